The average Bonchev–Trinajstić information content (AvgIpc) is 2.80. The molecule has 4 aromatic rings. The lowest BCUT2D eigenvalue weighted by Crippen LogP contribution is -2.41. The van der Waals surface area contributed by atoms with E-state index in [0.29, 0.717) is 23.5 Å². The van der Waals surface area contributed by atoms with Crippen LogP contribution in [0.4, 0.5) is 17.3 Å². The summed E-state index contributed by atoms with van der Waals surface area (Å²) >= 11 is 0. The SMILES string of the molecule is CC1CN(c2ccc(Nc3nc(-c4cncnc4)cc4cc[nH]c(=O)c34)cn2)CCO1. The third-order valence-electron chi connectivity index (χ3n) is 5.19. The van der Waals surface area contributed by atoms with Gasteiger partial charge in [0.15, 0.2) is 0 Å². The Morgan fingerprint density at radius 2 is 2.06 bits per heavy atom. The third-order valence-corrected chi connectivity index (χ3v) is 5.19. The van der Waals surface area contributed by atoms with E-state index in [9.17, 15) is 4.79 Å². The summed E-state index contributed by atoms with van der Waals surface area (Å²) in [5.74, 6) is 1.35. The Balaban J connectivity index is 1.50. The summed E-state index contributed by atoms with van der Waals surface area (Å²) in [6, 6.07) is 7.60. The maximum Gasteiger partial charge on any atom is 0.259 e. The summed E-state index contributed by atoms with van der Waals surface area (Å²) in [7, 11) is 0. The van der Waals surface area contributed by atoms with Crippen LogP contribution in [0, 0.1) is 0 Å². The molecular weight excluding hydrogens is 394 g/mol. The second-order valence-corrected chi connectivity index (χ2v) is 7.41. The van der Waals surface area contributed by atoms with Gasteiger partial charge < -0.3 is 19.9 Å². The standard InChI is InChI=1S/C22H21N7O2/c1-14-12-29(6-7-31-14)19-3-2-17(11-26-19)27-21-20-15(4-5-25-22(20)30)8-18(28-21)16-9-23-13-24-10-16/h2-5,8-11,13-14H,6-7,12H2,1H3,(H,25,30)(H,27,28). The molecule has 1 aliphatic heterocycles. The highest BCUT2D eigenvalue weighted by molar-refractivity contribution is 5.95. The monoisotopic (exact) mass is 415 g/mol. The maximum atomic E-state index is 12.5. The number of nitrogens with one attached hydrogen (secondary N) is 2. The van der Waals surface area contributed by atoms with Crippen LogP contribution in [0.15, 0.2) is 60.2 Å². The average molecular weight is 415 g/mol. The van der Waals surface area contributed by atoms with Crippen molar-refractivity contribution in [3.63, 3.8) is 0 Å². The quantitative estimate of drug-likeness (QED) is 0.524. The van der Waals surface area contributed by atoms with Gasteiger partial charge in [0.25, 0.3) is 5.56 Å². The lowest BCUT2D eigenvalue weighted by Gasteiger charge is -2.32. The number of ether oxygens (including phenoxy) is 1. The van der Waals surface area contributed by atoms with Crippen LogP contribution in [0.25, 0.3) is 22.0 Å². The number of rotatable bonds is 4. The topological polar surface area (TPSA) is 109 Å². The van der Waals surface area contributed by atoms with Crippen LogP contribution in [0.2, 0.25) is 0 Å². The van der Waals surface area contributed by atoms with Crippen molar-refractivity contribution in [1.82, 2.24) is 24.9 Å². The Kier molecular flexibility index (Phi) is 5.01. The number of nitrogens with zero attached hydrogens (tertiary/aromatic N) is 5. The van der Waals surface area contributed by atoms with Crippen molar-refractivity contribution in [2.24, 2.45) is 0 Å². The lowest BCUT2D eigenvalue weighted by atomic mass is 10.1. The molecule has 0 bridgehead atoms. The van der Waals surface area contributed by atoms with Gasteiger partial charge in [-0.1, -0.05) is 0 Å². The van der Waals surface area contributed by atoms with Crippen LogP contribution in [0.3, 0.4) is 0 Å². The highest BCUT2D eigenvalue weighted by Gasteiger charge is 2.18. The van der Waals surface area contributed by atoms with Crippen molar-refractivity contribution >= 4 is 28.1 Å². The molecule has 9 nitrogen and oxygen atoms in total. The van der Waals surface area contributed by atoms with Crippen molar-refractivity contribution in [3.8, 4) is 11.3 Å². The van der Waals surface area contributed by atoms with E-state index in [2.05, 4.69) is 42.1 Å². The van der Waals surface area contributed by atoms with E-state index in [-0.39, 0.29) is 11.7 Å². The van der Waals surface area contributed by atoms with Gasteiger partial charge in [-0.15, -0.1) is 0 Å². The van der Waals surface area contributed by atoms with Crippen LogP contribution >= 0.6 is 0 Å². The predicted molar refractivity (Wildman–Crippen MR) is 119 cm³/mol. The highest BCUT2D eigenvalue weighted by Crippen LogP contribution is 2.27. The minimum atomic E-state index is -0.213. The van der Waals surface area contributed by atoms with Crippen molar-refractivity contribution in [2.45, 2.75) is 13.0 Å². The molecule has 9 heteroatoms. The molecule has 0 aromatic carbocycles. The molecule has 0 aliphatic carbocycles. The number of H-pyrrole nitrogens is 1. The fraction of sp³-hybridized carbons (Fsp3) is 0.227. The molecule has 156 valence electrons. The molecule has 0 spiro atoms. The summed E-state index contributed by atoms with van der Waals surface area (Å²) in [6.07, 6.45) is 8.41. The first-order valence-corrected chi connectivity index (χ1v) is 10.0. The van der Waals surface area contributed by atoms with Crippen molar-refractivity contribution in [2.75, 3.05) is 29.9 Å². The summed E-state index contributed by atoms with van der Waals surface area (Å²) in [5, 5.41) is 4.51. The largest absolute Gasteiger partial charge is 0.375 e. The molecule has 0 radical (unpaired) electrons. The number of fused-ring (bicyclic) bond motifs is 1. The van der Waals surface area contributed by atoms with Crippen LogP contribution in [-0.4, -0.2) is 50.7 Å². The molecule has 0 amide bonds. The van der Waals surface area contributed by atoms with E-state index in [0.717, 1.165) is 35.5 Å². The number of pyridine rings is 3. The summed E-state index contributed by atoms with van der Waals surface area (Å²) in [4.78, 5) is 34.9. The number of hydrogen-bond donors (Lipinski definition) is 2. The first kappa shape index (κ1) is 19.1. The van der Waals surface area contributed by atoms with E-state index in [1.54, 1.807) is 24.8 Å². The van der Waals surface area contributed by atoms with Crippen LogP contribution in [0.5, 0.6) is 0 Å². The van der Waals surface area contributed by atoms with E-state index < -0.39 is 0 Å². The Morgan fingerprint density at radius 3 is 2.84 bits per heavy atom. The van der Waals surface area contributed by atoms with Crippen molar-refractivity contribution < 1.29 is 4.74 Å². The zero-order chi connectivity index (χ0) is 21.2. The molecule has 2 N–H and O–H groups in total. The Bertz CT molecular complexity index is 1260. The Hall–Kier alpha value is -3.85. The molecular formula is C22H21N7O2. The minimum absolute atomic E-state index is 0.181. The predicted octanol–water partition coefficient (Wildman–Crippen LogP) is 2.74. The van der Waals surface area contributed by atoms with E-state index in [1.165, 1.54) is 6.33 Å². The molecule has 0 saturated carbocycles. The molecule has 1 atom stereocenters. The summed E-state index contributed by atoms with van der Waals surface area (Å²) in [5.41, 5.74) is 1.97. The molecule has 1 unspecified atom stereocenters. The van der Waals surface area contributed by atoms with Crippen LogP contribution in [0.1, 0.15) is 6.92 Å². The first-order chi connectivity index (χ1) is 15.2. The fourth-order valence-corrected chi connectivity index (χ4v) is 3.69. The smallest absolute Gasteiger partial charge is 0.259 e. The van der Waals surface area contributed by atoms with Gasteiger partial charge in [0.2, 0.25) is 0 Å². The number of hydrogen-bond acceptors (Lipinski definition) is 8. The maximum absolute atomic E-state index is 12.5. The third kappa shape index (κ3) is 3.95. The van der Waals surface area contributed by atoms with Gasteiger partial charge in [0, 0.05) is 37.2 Å². The molecule has 1 aliphatic rings. The van der Waals surface area contributed by atoms with E-state index in [1.807, 2.05) is 24.3 Å². The second kappa shape index (κ2) is 8.11. The summed E-state index contributed by atoms with van der Waals surface area (Å²) in [6.45, 7) is 4.37. The molecule has 1 fully saturated rings. The van der Waals surface area contributed by atoms with E-state index >= 15 is 0 Å². The normalized spacial score (nSPS) is 16.4. The fourth-order valence-electron chi connectivity index (χ4n) is 3.69. The Morgan fingerprint density at radius 1 is 1.19 bits per heavy atom. The highest BCUT2D eigenvalue weighted by atomic mass is 16.5. The summed E-state index contributed by atoms with van der Waals surface area (Å²) < 4.78 is 5.60. The number of anilines is 3. The lowest BCUT2D eigenvalue weighted by molar-refractivity contribution is 0.0529. The zero-order valence-corrected chi connectivity index (χ0v) is 16.9. The number of morpholine rings is 1. The van der Waals surface area contributed by atoms with Crippen molar-refractivity contribution in [1.29, 1.82) is 0 Å². The van der Waals surface area contributed by atoms with Gasteiger partial charge in [-0.2, -0.15) is 0 Å². The van der Waals surface area contributed by atoms with Gasteiger partial charge in [0.1, 0.15) is 18.0 Å². The van der Waals surface area contributed by atoms with Crippen molar-refractivity contribution in [3.05, 3.63) is 65.7 Å². The van der Waals surface area contributed by atoms with Crippen LogP contribution in [-0.2, 0) is 4.74 Å². The second-order valence-electron chi connectivity index (χ2n) is 7.41. The van der Waals surface area contributed by atoms with Gasteiger partial charge in [-0.3, -0.25) is 4.79 Å². The van der Waals surface area contributed by atoms with Gasteiger partial charge in [-0.25, -0.2) is 19.9 Å². The van der Waals surface area contributed by atoms with E-state index in [4.69, 9.17) is 4.74 Å². The van der Waals surface area contributed by atoms with Gasteiger partial charge in [-0.05, 0) is 36.6 Å². The molecule has 4 aromatic heterocycles. The molecule has 1 saturated heterocycles. The zero-order valence-electron chi connectivity index (χ0n) is 16.9. The Labute approximate surface area is 178 Å². The number of aromatic nitrogens is 5. The number of aromatic amines is 1. The minimum Gasteiger partial charge on any atom is -0.375 e. The first-order valence-electron chi connectivity index (χ1n) is 10.0. The van der Waals surface area contributed by atoms with Gasteiger partial charge >= 0.3 is 0 Å². The van der Waals surface area contributed by atoms with Crippen LogP contribution < -0.4 is 15.8 Å². The van der Waals surface area contributed by atoms with Gasteiger partial charge in [0.05, 0.1) is 35.7 Å². The molecule has 31 heavy (non-hydrogen) atoms. The molecule has 5 rings (SSSR count). The molecule has 5 heterocycles.